The number of esters is 1. The van der Waals surface area contributed by atoms with Gasteiger partial charge in [-0.1, -0.05) is 12.1 Å². The van der Waals surface area contributed by atoms with Gasteiger partial charge < -0.3 is 10.5 Å². The third kappa shape index (κ3) is 2.14. The Morgan fingerprint density at radius 2 is 2.24 bits per heavy atom. The summed E-state index contributed by atoms with van der Waals surface area (Å²) in [5, 5.41) is 2.70. The summed E-state index contributed by atoms with van der Waals surface area (Å²) in [7, 11) is 1.34. The molecular formula is C12H12N2O2S. The standard InChI is InChI=1S/C12H12N2O2S/c1-7-6-17-11(14-7)8-4-3-5-9(13)10(8)12(15)16-2/h3-6H,13H2,1-2H3. The summed E-state index contributed by atoms with van der Waals surface area (Å²) < 4.78 is 4.74. The predicted octanol–water partition coefficient (Wildman–Crippen LogP) is 2.49. The second-order valence-corrected chi connectivity index (χ2v) is 4.41. The van der Waals surface area contributed by atoms with Gasteiger partial charge in [0.25, 0.3) is 0 Å². The quantitative estimate of drug-likeness (QED) is 0.655. The average molecular weight is 248 g/mol. The van der Waals surface area contributed by atoms with Gasteiger partial charge >= 0.3 is 5.97 Å². The highest BCUT2D eigenvalue weighted by Crippen LogP contribution is 2.30. The van der Waals surface area contributed by atoms with Crippen LogP contribution in [0.3, 0.4) is 0 Å². The zero-order chi connectivity index (χ0) is 12.4. The Balaban J connectivity index is 2.61. The van der Waals surface area contributed by atoms with Crippen molar-refractivity contribution < 1.29 is 9.53 Å². The Morgan fingerprint density at radius 1 is 1.47 bits per heavy atom. The number of aryl methyl sites for hydroxylation is 1. The van der Waals surface area contributed by atoms with Gasteiger partial charge in [-0.25, -0.2) is 9.78 Å². The zero-order valence-electron chi connectivity index (χ0n) is 9.56. The summed E-state index contributed by atoms with van der Waals surface area (Å²) >= 11 is 1.48. The third-order valence-corrected chi connectivity index (χ3v) is 3.33. The largest absolute Gasteiger partial charge is 0.465 e. The van der Waals surface area contributed by atoms with Gasteiger partial charge in [0.1, 0.15) is 5.01 Å². The van der Waals surface area contributed by atoms with Crippen molar-refractivity contribution in [3.63, 3.8) is 0 Å². The Morgan fingerprint density at radius 3 is 2.82 bits per heavy atom. The van der Waals surface area contributed by atoms with E-state index in [1.54, 1.807) is 12.1 Å². The van der Waals surface area contributed by atoms with Crippen LogP contribution in [0.2, 0.25) is 0 Å². The molecule has 4 nitrogen and oxygen atoms in total. The first kappa shape index (κ1) is 11.6. The molecule has 0 aliphatic heterocycles. The first-order valence-corrected chi connectivity index (χ1v) is 5.90. The molecule has 88 valence electrons. The number of rotatable bonds is 2. The molecule has 0 fully saturated rings. The summed E-state index contributed by atoms with van der Waals surface area (Å²) in [6.07, 6.45) is 0. The molecule has 0 saturated heterocycles. The van der Waals surface area contributed by atoms with Crippen LogP contribution in [0.15, 0.2) is 23.6 Å². The van der Waals surface area contributed by atoms with Gasteiger partial charge in [-0.3, -0.25) is 0 Å². The van der Waals surface area contributed by atoms with E-state index in [9.17, 15) is 4.79 Å². The zero-order valence-corrected chi connectivity index (χ0v) is 10.4. The van der Waals surface area contributed by atoms with Crippen LogP contribution in [0.1, 0.15) is 16.1 Å². The van der Waals surface area contributed by atoms with Crippen molar-refractivity contribution in [2.75, 3.05) is 12.8 Å². The molecule has 0 bridgehead atoms. The minimum Gasteiger partial charge on any atom is -0.465 e. The molecule has 0 saturated carbocycles. The van der Waals surface area contributed by atoms with Gasteiger partial charge in [-0.2, -0.15) is 0 Å². The second kappa shape index (κ2) is 4.55. The van der Waals surface area contributed by atoms with Crippen LogP contribution >= 0.6 is 11.3 Å². The summed E-state index contributed by atoms with van der Waals surface area (Å²) in [4.78, 5) is 16.1. The number of nitrogens with zero attached hydrogens (tertiary/aromatic N) is 1. The number of benzene rings is 1. The van der Waals surface area contributed by atoms with E-state index in [0.29, 0.717) is 11.3 Å². The topological polar surface area (TPSA) is 65.2 Å². The average Bonchev–Trinajstić information content (AvgIpc) is 2.74. The van der Waals surface area contributed by atoms with Crippen molar-refractivity contribution in [1.29, 1.82) is 0 Å². The smallest absolute Gasteiger partial charge is 0.340 e. The third-order valence-electron chi connectivity index (χ3n) is 2.34. The van der Waals surface area contributed by atoms with E-state index < -0.39 is 5.97 Å². The first-order valence-electron chi connectivity index (χ1n) is 5.02. The summed E-state index contributed by atoms with van der Waals surface area (Å²) in [5.41, 5.74) is 8.24. The lowest BCUT2D eigenvalue weighted by Crippen LogP contribution is -2.07. The van der Waals surface area contributed by atoms with Crippen LogP contribution in [0.4, 0.5) is 5.69 Å². The molecule has 5 heteroatoms. The molecule has 0 aliphatic rings. The van der Waals surface area contributed by atoms with Crippen LogP contribution < -0.4 is 5.73 Å². The molecule has 0 amide bonds. The molecule has 2 aromatic rings. The molecule has 0 radical (unpaired) electrons. The van der Waals surface area contributed by atoms with Crippen molar-refractivity contribution in [3.05, 3.63) is 34.8 Å². The number of carbonyl (C=O) groups is 1. The molecule has 0 atom stereocenters. The number of methoxy groups -OCH3 is 1. The molecule has 1 aromatic heterocycles. The molecule has 1 aromatic carbocycles. The Hall–Kier alpha value is -1.88. The number of carbonyl (C=O) groups excluding carboxylic acids is 1. The molecule has 17 heavy (non-hydrogen) atoms. The number of aromatic nitrogens is 1. The lowest BCUT2D eigenvalue weighted by Gasteiger charge is -2.08. The van der Waals surface area contributed by atoms with Gasteiger partial charge in [-0.05, 0) is 13.0 Å². The van der Waals surface area contributed by atoms with E-state index in [-0.39, 0.29) is 0 Å². The number of nitrogens with two attached hydrogens (primary N) is 1. The van der Waals surface area contributed by atoms with Crippen molar-refractivity contribution in [2.24, 2.45) is 0 Å². The maximum absolute atomic E-state index is 11.7. The fraction of sp³-hybridized carbons (Fsp3) is 0.167. The lowest BCUT2D eigenvalue weighted by atomic mass is 10.1. The van der Waals surface area contributed by atoms with Gasteiger partial charge in [0, 0.05) is 22.3 Å². The highest BCUT2D eigenvalue weighted by molar-refractivity contribution is 7.13. The van der Waals surface area contributed by atoms with Crippen molar-refractivity contribution in [1.82, 2.24) is 4.98 Å². The normalized spacial score (nSPS) is 10.2. The van der Waals surface area contributed by atoms with Crippen LogP contribution in [0.5, 0.6) is 0 Å². The van der Waals surface area contributed by atoms with Gasteiger partial charge in [-0.15, -0.1) is 11.3 Å². The summed E-state index contributed by atoms with van der Waals surface area (Å²) in [5.74, 6) is -0.439. The maximum Gasteiger partial charge on any atom is 0.340 e. The van der Waals surface area contributed by atoms with E-state index in [1.807, 2.05) is 18.4 Å². The van der Waals surface area contributed by atoms with E-state index in [0.717, 1.165) is 16.3 Å². The minimum atomic E-state index is -0.439. The fourth-order valence-electron chi connectivity index (χ4n) is 1.56. The molecule has 0 aliphatic carbocycles. The number of ether oxygens (including phenoxy) is 1. The van der Waals surface area contributed by atoms with E-state index in [4.69, 9.17) is 10.5 Å². The highest BCUT2D eigenvalue weighted by Gasteiger charge is 2.18. The van der Waals surface area contributed by atoms with Gasteiger partial charge in [0.2, 0.25) is 0 Å². The summed E-state index contributed by atoms with van der Waals surface area (Å²) in [6, 6.07) is 5.30. The Bertz CT molecular complexity index is 563. The fourth-order valence-corrected chi connectivity index (χ4v) is 2.38. The molecule has 2 rings (SSSR count). The minimum absolute atomic E-state index is 0.379. The van der Waals surface area contributed by atoms with Crippen molar-refractivity contribution in [3.8, 4) is 10.6 Å². The Kier molecular flexibility index (Phi) is 3.10. The number of hydrogen-bond acceptors (Lipinski definition) is 5. The van der Waals surface area contributed by atoms with Crippen molar-refractivity contribution in [2.45, 2.75) is 6.92 Å². The van der Waals surface area contributed by atoms with E-state index in [2.05, 4.69) is 4.98 Å². The van der Waals surface area contributed by atoms with E-state index >= 15 is 0 Å². The number of nitrogen functional groups attached to an aromatic ring is 1. The maximum atomic E-state index is 11.7. The van der Waals surface area contributed by atoms with Crippen LogP contribution in [0, 0.1) is 6.92 Å². The summed E-state index contributed by atoms with van der Waals surface area (Å²) in [6.45, 7) is 1.91. The molecule has 0 spiro atoms. The number of anilines is 1. The number of thiazole rings is 1. The molecule has 1 heterocycles. The van der Waals surface area contributed by atoms with Crippen LogP contribution in [-0.4, -0.2) is 18.1 Å². The predicted molar refractivity (Wildman–Crippen MR) is 68.0 cm³/mol. The second-order valence-electron chi connectivity index (χ2n) is 3.56. The molecular weight excluding hydrogens is 236 g/mol. The van der Waals surface area contributed by atoms with Gasteiger partial charge in [0.15, 0.2) is 0 Å². The highest BCUT2D eigenvalue weighted by atomic mass is 32.1. The van der Waals surface area contributed by atoms with E-state index in [1.165, 1.54) is 18.4 Å². The van der Waals surface area contributed by atoms with Crippen LogP contribution in [-0.2, 0) is 4.74 Å². The first-order chi connectivity index (χ1) is 8.13. The number of hydrogen-bond donors (Lipinski definition) is 1. The van der Waals surface area contributed by atoms with Crippen LogP contribution in [0.25, 0.3) is 10.6 Å². The SMILES string of the molecule is COC(=O)c1c(N)cccc1-c1nc(C)cs1. The Labute approximate surface area is 103 Å². The molecule has 0 unspecified atom stereocenters. The lowest BCUT2D eigenvalue weighted by molar-refractivity contribution is 0.0603. The molecule has 2 N–H and O–H groups in total. The monoisotopic (exact) mass is 248 g/mol. The van der Waals surface area contributed by atoms with Gasteiger partial charge in [0.05, 0.1) is 12.7 Å². The van der Waals surface area contributed by atoms with Crippen molar-refractivity contribution >= 4 is 23.0 Å².